The number of ketones is 1. The van der Waals surface area contributed by atoms with E-state index in [-0.39, 0.29) is 5.97 Å². The lowest BCUT2D eigenvalue weighted by Gasteiger charge is -2.30. The Labute approximate surface area is 124 Å². The van der Waals surface area contributed by atoms with Gasteiger partial charge in [0.2, 0.25) is 0 Å². The van der Waals surface area contributed by atoms with E-state index in [1.54, 1.807) is 0 Å². The number of carbonyl (C=O) groups excluding carboxylic acids is 2. The zero-order valence-electron chi connectivity index (χ0n) is 13.7. The Balaban J connectivity index is 2.61. The van der Waals surface area contributed by atoms with E-state index in [9.17, 15) is 9.59 Å². The van der Waals surface area contributed by atoms with E-state index in [0.29, 0.717) is 42.6 Å². The van der Waals surface area contributed by atoms with Crippen LogP contribution in [0.5, 0.6) is 0 Å². The molecule has 1 aliphatic carbocycles. The molecule has 0 radical (unpaired) electrons. The van der Waals surface area contributed by atoms with Gasteiger partial charge >= 0.3 is 5.97 Å². The summed E-state index contributed by atoms with van der Waals surface area (Å²) in [6, 6.07) is 0. The quantitative estimate of drug-likeness (QED) is 0.437. The van der Waals surface area contributed by atoms with Crippen LogP contribution in [-0.2, 0) is 14.3 Å². The molecule has 116 valence electrons. The molecule has 0 heterocycles. The summed E-state index contributed by atoms with van der Waals surface area (Å²) in [5.74, 6) is 1.16. The van der Waals surface area contributed by atoms with E-state index in [4.69, 9.17) is 4.74 Å². The van der Waals surface area contributed by atoms with E-state index in [1.165, 1.54) is 0 Å². The fraction of sp³-hybridized carbons (Fsp3) is 0.875. The van der Waals surface area contributed by atoms with Gasteiger partial charge in [-0.2, -0.15) is 0 Å². The molecule has 0 bridgehead atoms. The smallest absolute Gasteiger partial charge is 0.305 e. The number of Topliss-reactive ketones (excluding diaryl/α,β-unsaturated/α-hetero) is 1. The molecule has 0 amide bonds. The molecule has 1 rings (SSSR count). The summed E-state index contributed by atoms with van der Waals surface area (Å²) in [6.45, 7) is 11.6. The van der Waals surface area contributed by atoms with Crippen LogP contribution in [-0.4, -0.2) is 26.4 Å². The Morgan fingerprint density at radius 1 is 1.30 bits per heavy atom. The van der Waals surface area contributed by atoms with Crippen molar-refractivity contribution in [2.75, 3.05) is 6.61 Å². The summed E-state index contributed by atoms with van der Waals surface area (Å²) in [5, 5.41) is 0. The molecule has 0 N–H and O–H groups in total. The van der Waals surface area contributed by atoms with Gasteiger partial charge in [0.15, 0.2) is 0 Å². The molecular formula is C16H30O3Si. The van der Waals surface area contributed by atoms with Gasteiger partial charge in [0.05, 0.1) is 6.61 Å². The fourth-order valence-electron chi connectivity index (χ4n) is 3.16. The molecule has 0 aliphatic heterocycles. The molecule has 0 aromatic heterocycles. The van der Waals surface area contributed by atoms with Crippen molar-refractivity contribution in [1.82, 2.24) is 0 Å². The van der Waals surface area contributed by atoms with Crippen molar-refractivity contribution in [2.45, 2.75) is 71.1 Å². The lowest BCUT2D eigenvalue weighted by molar-refractivity contribution is -0.143. The van der Waals surface area contributed by atoms with Crippen molar-refractivity contribution in [3.63, 3.8) is 0 Å². The molecule has 0 saturated heterocycles. The minimum Gasteiger partial charge on any atom is -0.466 e. The number of rotatable bonds is 5. The Kier molecular flexibility index (Phi) is 6.43. The molecule has 0 unspecified atom stereocenters. The molecular weight excluding hydrogens is 268 g/mol. The van der Waals surface area contributed by atoms with Gasteiger partial charge in [0.25, 0.3) is 0 Å². The summed E-state index contributed by atoms with van der Waals surface area (Å²) in [6.07, 6.45) is 3.81. The van der Waals surface area contributed by atoms with Crippen LogP contribution in [0.25, 0.3) is 0 Å². The maximum Gasteiger partial charge on any atom is 0.305 e. The first-order valence-corrected chi connectivity index (χ1v) is 11.5. The number of ether oxygens (including phenoxy) is 1. The van der Waals surface area contributed by atoms with Crippen LogP contribution in [0.15, 0.2) is 0 Å². The molecule has 20 heavy (non-hydrogen) atoms. The normalized spacial score (nSPS) is 28.1. The summed E-state index contributed by atoms with van der Waals surface area (Å²) in [5.41, 5.74) is 0.595. The molecule has 1 aliphatic rings. The van der Waals surface area contributed by atoms with Gasteiger partial charge in [-0.05, 0) is 37.1 Å². The largest absolute Gasteiger partial charge is 0.466 e. The second kappa shape index (κ2) is 7.39. The van der Waals surface area contributed by atoms with Crippen molar-refractivity contribution in [1.29, 1.82) is 0 Å². The van der Waals surface area contributed by atoms with E-state index in [0.717, 1.165) is 19.3 Å². The van der Waals surface area contributed by atoms with Crippen molar-refractivity contribution >= 4 is 19.8 Å². The van der Waals surface area contributed by atoms with Gasteiger partial charge in [-0.15, -0.1) is 0 Å². The summed E-state index contributed by atoms with van der Waals surface area (Å²) >= 11 is 0. The Hall–Kier alpha value is -0.643. The van der Waals surface area contributed by atoms with Crippen LogP contribution in [0.1, 0.15) is 46.0 Å². The van der Waals surface area contributed by atoms with Crippen molar-refractivity contribution in [2.24, 2.45) is 11.8 Å². The zero-order chi connectivity index (χ0) is 15.3. The molecule has 3 atom stereocenters. The average molecular weight is 298 g/mol. The van der Waals surface area contributed by atoms with E-state index >= 15 is 0 Å². The second-order valence-electron chi connectivity index (χ2n) is 7.33. The summed E-state index contributed by atoms with van der Waals surface area (Å²) in [4.78, 5) is 23.7. The number of carbonyl (C=O) groups is 2. The van der Waals surface area contributed by atoms with E-state index in [1.807, 2.05) is 6.92 Å². The highest BCUT2D eigenvalue weighted by atomic mass is 28.3. The standard InChI is InChI=1S/C16H30O3Si/c1-6-19-16(18)8-7-13-10-14(17)11-15(9-12(13)2)20(3,4)5/h12-13,15H,6-11H2,1-5H3/t12-,13-,15-/m0/s1. The minimum absolute atomic E-state index is 0.127. The first kappa shape index (κ1) is 17.4. The van der Waals surface area contributed by atoms with E-state index < -0.39 is 8.07 Å². The average Bonchev–Trinajstić information content (AvgIpc) is 2.46. The maximum atomic E-state index is 12.2. The molecule has 1 fully saturated rings. The SMILES string of the molecule is CCOC(=O)CC[C@H]1CC(=O)C[C@@H]([Si](C)(C)C)C[C@@H]1C. The predicted molar refractivity (Wildman–Crippen MR) is 84.5 cm³/mol. The Morgan fingerprint density at radius 2 is 1.95 bits per heavy atom. The Morgan fingerprint density at radius 3 is 2.50 bits per heavy atom. The highest BCUT2D eigenvalue weighted by molar-refractivity contribution is 6.77. The number of hydrogen-bond acceptors (Lipinski definition) is 3. The summed E-state index contributed by atoms with van der Waals surface area (Å²) in [7, 11) is -1.27. The van der Waals surface area contributed by atoms with Crippen molar-refractivity contribution in [3.05, 3.63) is 0 Å². The van der Waals surface area contributed by atoms with Gasteiger partial charge in [0, 0.05) is 27.3 Å². The molecule has 3 nitrogen and oxygen atoms in total. The van der Waals surface area contributed by atoms with Gasteiger partial charge in [-0.25, -0.2) is 0 Å². The Bertz CT molecular complexity index is 346. The second-order valence-corrected chi connectivity index (χ2v) is 12.9. The highest BCUT2D eigenvalue weighted by Crippen LogP contribution is 2.40. The van der Waals surface area contributed by atoms with Gasteiger partial charge in [-0.3, -0.25) is 9.59 Å². The van der Waals surface area contributed by atoms with Crippen LogP contribution in [0.3, 0.4) is 0 Å². The third-order valence-electron chi connectivity index (χ3n) is 4.67. The molecule has 1 saturated carbocycles. The summed E-state index contributed by atoms with van der Waals surface area (Å²) < 4.78 is 4.98. The topological polar surface area (TPSA) is 43.4 Å². The predicted octanol–water partition coefficient (Wildman–Crippen LogP) is 4.04. The molecule has 0 aromatic rings. The first-order chi connectivity index (χ1) is 9.24. The molecule has 0 spiro atoms. The van der Waals surface area contributed by atoms with Crippen LogP contribution >= 0.6 is 0 Å². The van der Waals surface area contributed by atoms with Crippen LogP contribution in [0, 0.1) is 11.8 Å². The fourth-order valence-corrected chi connectivity index (χ4v) is 5.08. The minimum atomic E-state index is -1.27. The zero-order valence-corrected chi connectivity index (χ0v) is 14.7. The van der Waals surface area contributed by atoms with Crippen molar-refractivity contribution in [3.8, 4) is 0 Å². The molecule has 4 heteroatoms. The van der Waals surface area contributed by atoms with Crippen LogP contribution in [0.2, 0.25) is 25.2 Å². The highest BCUT2D eigenvalue weighted by Gasteiger charge is 2.35. The van der Waals surface area contributed by atoms with E-state index in [2.05, 4.69) is 26.6 Å². The van der Waals surface area contributed by atoms with Gasteiger partial charge in [-0.1, -0.05) is 26.6 Å². The lowest BCUT2D eigenvalue weighted by Crippen LogP contribution is -2.30. The first-order valence-electron chi connectivity index (χ1n) is 7.91. The third kappa shape index (κ3) is 5.39. The van der Waals surface area contributed by atoms with Crippen LogP contribution in [0.4, 0.5) is 0 Å². The van der Waals surface area contributed by atoms with Crippen molar-refractivity contribution < 1.29 is 14.3 Å². The molecule has 0 aromatic carbocycles. The lowest BCUT2D eigenvalue weighted by atomic mass is 9.86. The third-order valence-corrected chi connectivity index (χ3v) is 7.56. The number of esters is 1. The van der Waals surface area contributed by atoms with Gasteiger partial charge < -0.3 is 4.74 Å². The monoisotopic (exact) mass is 298 g/mol. The van der Waals surface area contributed by atoms with Gasteiger partial charge in [0.1, 0.15) is 5.78 Å². The van der Waals surface area contributed by atoms with Crippen LogP contribution < -0.4 is 0 Å². The number of hydrogen-bond donors (Lipinski definition) is 0. The maximum absolute atomic E-state index is 12.2.